The quantitative estimate of drug-likeness (QED) is 0.0725. The molecule has 10 N–H and O–H groups in total. The molecule has 2 amide bonds. The first-order valence-corrected chi connectivity index (χ1v) is 15.1. The molecule has 0 aliphatic carbocycles. The fraction of sp³-hybridized carbons (Fsp3) is 0.821. The molecule has 3 aliphatic rings. The minimum absolute atomic E-state index is 0.0267. The Bertz CT molecular complexity index is 1070. The van der Waals surface area contributed by atoms with Crippen molar-refractivity contribution in [1.82, 2.24) is 10.6 Å². The summed E-state index contributed by atoms with van der Waals surface area (Å²) in [4.78, 5) is 36.6. The van der Waals surface area contributed by atoms with Crippen LogP contribution in [-0.2, 0) is 42.8 Å². The summed E-state index contributed by atoms with van der Waals surface area (Å²) in [5.74, 6) is -5.62. The summed E-state index contributed by atoms with van der Waals surface area (Å²) in [5, 5.41) is 87.1. The second-order valence-electron chi connectivity index (χ2n) is 11.6. The first kappa shape index (κ1) is 39.1. The highest BCUT2D eigenvalue weighted by molar-refractivity contribution is 5.76. The van der Waals surface area contributed by atoms with E-state index in [1.54, 1.807) is 0 Å². The number of aliphatic carboxylic acids is 1. The van der Waals surface area contributed by atoms with Crippen LogP contribution in [0.15, 0.2) is 12.7 Å². The van der Waals surface area contributed by atoms with Gasteiger partial charge >= 0.3 is 5.97 Å². The molecule has 0 aromatic heterocycles. The van der Waals surface area contributed by atoms with Gasteiger partial charge in [-0.3, -0.25) is 9.59 Å². The predicted octanol–water partition coefficient (Wildman–Crippen LogP) is -4.81. The van der Waals surface area contributed by atoms with E-state index in [4.69, 9.17) is 28.4 Å². The number of aliphatic hydroxyl groups excluding tert-OH is 7. The number of amides is 2. The fourth-order valence-electron chi connectivity index (χ4n) is 5.85. The summed E-state index contributed by atoms with van der Waals surface area (Å²) in [6.07, 6.45) is -15.8. The Kier molecular flexibility index (Phi) is 14.4. The van der Waals surface area contributed by atoms with Crippen molar-refractivity contribution in [1.29, 1.82) is 0 Å². The summed E-state index contributed by atoms with van der Waals surface area (Å²) in [5.41, 5.74) is 0. The molecule has 3 fully saturated rings. The maximum Gasteiger partial charge on any atom is 0.364 e. The van der Waals surface area contributed by atoms with E-state index in [0.29, 0.717) is 0 Å². The smallest absolute Gasteiger partial charge is 0.364 e. The monoisotopic (exact) mass is 682 g/mol. The molecule has 0 saturated carbocycles. The Hall–Kier alpha value is -2.37. The van der Waals surface area contributed by atoms with E-state index in [1.807, 2.05) is 0 Å². The van der Waals surface area contributed by atoms with Crippen LogP contribution in [0.5, 0.6) is 0 Å². The summed E-state index contributed by atoms with van der Waals surface area (Å²) in [6, 6.07) is -2.55. The zero-order valence-corrected chi connectivity index (χ0v) is 26.0. The number of carbonyl (C=O) groups excluding carboxylic acids is 2. The van der Waals surface area contributed by atoms with Crippen molar-refractivity contribution >= 4 is 17.8 Å². The number of carboxylic acids is 1. The average molecular weight is 683 g/mol. The van der Waals surface area contributed by atoms with E-state index in [0.717, 1.165) is 6.92 Å². The highest BCUT2D eigenvalue weighted by Gasteiger charge is 2.57. The van der Waals surface area contributed by atoms with Crippen molar-refractivity contribution in [2.45, 2.75) is 118 Å². The molecule has 19 heteroatoms. The van der Waals surface area contributed by atoms with Crippen LogP contribution >= 0.6 is 0 Å². The highest BCUT2D eigenvalue weighted by atomic mass is 16.7. The predicted molar refractivity (Wildman–Crippen MR) is 153 cm³/mol. The van der Waals surface area contributed by atoms with Crippen molar-refractivity contribution in [3.8, 4) is 0 Å². The number of hydrogen-bond donors (Lipinski definition) is 10. The summed E-state index contributed by atoms with van der Waals surface area (Å²) in [6.45, 7) is 3.64. The Balaban J connectivity index is 1.90. The van der Waals surface area contributed by atoms with Crippen LogP contribution in [0.1, 0.15) is 33.1 Å². The van der Waals surface area contributed by atoms with Crippen LogP contribution in [-0.4, -0.2) is 170 Å². The first-order valence-electron chi connectivity index (χ1n) is 15.1. The van der Waals surface area contributed by atoms with Crippen LogP contribution in [0.25, 0.3) is 0 Å². The first-order chi connectivity index (χ1) is 22.2. The summed E-state index contributed by atoms with van der Waals surface area (Å²) < 4.78 is 34.7. The Morgan fingerprint density at radius 3 is 2.23 bits per heavy atom. The lowest BCUT2D eigenvalue weighted by molar-refractivity contribution is -0.346. The number of nitrogens with one attached hydrogen (secondary N) is 2. The third-order valence-electron chi connectivity index (χ3n) is 7.98. The zero-order valence-electron chi connectivity index (χ0n) is 26.0. The molecule has 3 aliphatic heterocycles. The molecule has 270 valence electrons. The number of hydrogen-bond acceptors (Lipinski definition) is 16. The van der Waals surface area contributed by atoms with Gasteiger partial charge in [-0.15, -0.1) is 6.58 Å². The third-order valence-corrected chi connectivity index (χ3v) is 7.98. The summed E-state index contributed by atoms with van der Waals surface area (Å²) >= 11 is 0. The molecule has 14 atom stereocenters. The molecule has 0 aromatic rings. The van der Waals surface area contributed by atoms with Gasteiger partial charge in [0.1, 0.15) is 42.7 Å². The molecule has 0 aromatic carbocycles. The Morgan fingerprint density at radius 2 is 1.68 bits per heavy atom. The second-order valence-corrected chi connectivity index (χ2v) is 11.6. The van der Waals surface area contributed by atoms with Crippen molar-refractivity contribution < 1.29 is 83.7 Å². The van der Waals surface area contributed by atoms with Gasteiger partial charge in [-0.05, 0) is 0 Å². The van der Waals surface area contributed by atoms with Crippen LogP contribution in [0, 0.1) is 0 Å². The zero-order chi connectivity index (χ0) is 35.1. The molecule has 0 unspecified atom stereocenters. The Labute approximate surface area is 270 Å². The fourth-order valence-corrected chi connectivity index (χ4v) is 5.85. The maximum absolute atomic E-state index is 12.7. The standard InChI is InChI=1S/C28H46N2O17/c1-4-5-42-26-21(30-13(3)35)24(23(39)18(11-33)44-26)45-19-7-14(6-15(9-31)43-19)46-28(27(40)41)8-16(36)20(29-12(2)34)25(47-28)22(38)17(37)10-32/h4,14-26,31-33,36-39H,1,5-11H2,2-3H3,(H,29,34)(H,30,35)(H,40,41)/t14-,15-,16-,17+,18+,19-,20+,21+,22+,23-,24+,25+,26-,28+/m0/s1. The average Bonchev–Trinajstić information content (AvgIpc) is 3.02. The van der Waals surface area contributed by atoms with Gasteiger partial charge in [-0.25, -0.2) is 4.79 Å². The number of carboxylic acid groups (broad SMARTS) is 1. The lowest BCUT2D eigenvalue weighted by atomic mass is 9.88. The van der Waals surface area contributed by atoms with Gasteiger partial charge in [0.2, 0.25) is 11.8 Å². The van der Waals surface area contributed by atoms with Crippen molar-refractivity contribution in [3.63, 3.8) is 0 Å². The van der Waals surface area contributed by atoms with E-state index >= 15 is 0 Å². The van der Waals surface area contributed by atoms with Gasteiger partial charge < -0.3 is 79.9 Å². The molecular weight excluding hydrogens is 636 g/mol. The second kappa shape index (κ2) is 17.3. The van der Waals surface area contributed by atoms with E-state index in [2.05, 4.69) is 17.2 Å². The van der Waals surface area contributed by atoms with E-state index in [-0.39, 0.29) is 19.4 Å². The van der Waals surface area contributed by atoms with Gasteiger partial charge in [0, 0.05) is 33.1 Å². The molecule has 19 nitrogen and oxygen atoms in total. The SMILES string of the molecule is C=CCO[C@H]1O[C@H](CO)[C@H](O)[C@H](O[C@H]2C[C@@H](O[C@]3(C(=O)O)C[C@H](O)[C@@H](NC(C)=O)[C@H]([C@H](O)[C@H](O)CO)O3)C[C@@H](CO)O2)[C@H]1NC(C)=O. The van der Waals surface area contributed by atoms with Gasteiger partial charge in [0.25, 0.3) is 5.79 Å². The lowest BCUT2D eigenvalue weighted by Crippen LogP contribution is -2.68. The maximum atomic E-state index is 12.7. The molecule has 3 heterocycles. The number of aliphatic hydroxyl groups is 7. The minimum atomic E-state index is -2.68. The number of ether oxygens (including phenoxy) is 6. The number of rotatable bonds is 15. The van der Waals surface area contributed by atoms with E-state index in [9.17, 15) is 55.2 Å². The Morgan fingerprint density at radius 1 is 1.02 bits per heavy atom. The van der Waals surface area contributed by atoms with Crippen molar-refractivity contribution in [2.24, 2.45) is 0 Å². The van der Waals surface area contributed by atoms with Gasteiger partial charge in [-0.2, -0.15) is 0 Å². The molecule has 0 radical (unpaired) electrons. The third kappa shape index (κ3) is 9.63. The molecule has 0 bridgehead atoms. The number of carbonyl (C=O) groups is 3. The van der Waals surface area contributed by atoms with Crippen LogP contribution in [0.3, 0.4) is 0 Å². The van der Waals surface area contributed by atoms with Crippen molar-refractivity contribution in [2.75, 3.05) is 26.4 Å². The molecule has 3 rings (SSSR count). The van der Waals surface area contributed by atoms with Crippen LogP contribution in [0.2, 0.25) is 0 Å². The lowest BCUT2D eigenvalue weighted by Gasteiger charge is -2.49. The molecule has 0 spiro atoms. The summed E-state index contributed by atoms with van der Waals surface area (Å²) in [7, 11) is 0. The molecular formula is C28H46N2O17. The van der Waals surface area contributed by atoms with Gasteiger partial charge in [0.05, 0.1) is 50.8 Å². The van der Waals surface area contributed by atoms with Gasteiger partial charge in [0.15, 0.2) is 12.6 Å². The highest BCUT2D eigenvalue weighted by Crippen LogP contribution is 2.38. The largest absolute Gasteiger partial charge is 0.477 e. The van der Waals surface area contributed by atoms with Crippen molar-refractivity contribution in [3.05, 3.63) is 12.7 Å². The van der Waals surface area contributed by atoms with E-state index < -0.39 is 129 Å². The topological polar surface area (TPSA) is 292 Å². The van der Waals surface area contributed by atoms with E-state index in [1.165, 1.54) is 13.0 Å². The minimum Gasteiger partial charge on any atom is -0.477 e. The molecule has 47 heavy (non-hydrogen) atoms. The van der Waals surface area contributed by atoms with Gasteiger partial charge in [-0.1, -0.05) is 6.08 Å². The van der Waals surface area contributed by atoms with Crippen LogP contribution in [0.4, 0.5) is 0 Å². The normalized spacial score (nSPS) is 39.0. The van der Waals surface area contributed by atoms with Crippen LogP contribution < -0.4 is 10.6 Å². The molecule has 3 saturated heterocycles.